The van der Waals surface area contributed by atoms with Crippen LogP contribution in [0, 0.1) is 0 Å². The quantitative estimate of drug-likeness (QED) is 0.531. The lowest BCUT2D eigenvalue weighted by atomic mass is 10.3. The van der Waals surface area contributed by atoms with Crippen molar-refractivity contribution in [2.75, 3.05) is 0 Å². The highest BCUT2D eigenvalue weighted by Gasteiger charge is 2.12. The first-order valence-corrected chi connectivity index (χ1v) is 4.33. The van der Waals surface area contributed by atoms with E-state index in [4.69, 9.17) is 4.42 Å². The van der Waals surface area contributed by atoms with E-state index in [1.807, 2.05) is 34.9 Å². The number of carbonyl (C=O) groups is 1. The Balaban J connectivity index is 2.09. The third-order valence-electron chi connectivity index (χ3n) is 1.95. The second kappa shape index (κ2) is 3.49. The van der Waals surface area contributed by atoms with Crippen LogP contribution in [0.2, 0.25) is 0 Å². The molecule has 0 aliphatic heterocycles. The fourth-order valence-electron chi connectivity index (χ4n) is 1.28. The minimum atomic E-state index is -0.0220. The van der Waals surface area contributed by atoms with Crippen molar-refractivity contribution >= 4 is 5.78 Å². The average Bonchev–Trinajstić information content (AvgIpc) is 2.75. The molecule has 0 amide bonds. The molecule has 0 saturated carbocycles. The van der Waals surface area contributed by atoms with Gasteiger partial charge >= 0.3 is 0 Å². The molecule has 0 aromatic carbocycles. The summed E-state index contributed by atoms with van der Waals surface area (Å²) in [7, 11) is 1.91. The maximum Gasteiger partial charge on any atom is 0.243 e. The lowest BCUT2D eigenvalue weighted by Gasteiger charge is -1.92. The summed E-state index contributed by atoms with van der Waals surface area (Å²) < 4.78 is 8.70. The Kier molecular flexibility index (Phi) is 2.18. The van der Waals surface area contributed by atoms with Gasteiger partial charge in [-0.15, -0.1) is 0 Å². The summed E-state index contributed by atoms with van der Waals surface area (Å²) in [6, 6.07) is 3.38. The van der Waals surface area contributed by atoms with Gasteiger partial charge in [0.05, 0.1) is 13.3 Å². The molecule has 2 aromatic heterocycles. The minimum absolute atomic E-state index is 0.0220. The van der Waals surface area contributed by atoms with E-state index in [0.29, 0.717) is 12.3 Å². The van der Waals surface area contributed by atoms with Crippen LogP contribution < -0.4 is 4.57 Å². The molecular weight excluding hydrogens is 180 g/mol. The molecule has 0 saturated heterocycles. The summed E-state index contributed by atoms with van der Waals surface area (Å²) in [6.45, 7) is 0.314. The number of furan rings is 1. The van der Waals surface area contributed by atoms with E-state index < -0.39 is 0 Å². The van der Waals surface area contributed by atoms with Crippen LogP contribution in [-0.2, 0) is 13.6 Å². The number of aryl methyl sites for hydroxylation is 1. The van der Waals surface area contributed by atoms with Gasteiger partial charge in [0.1, 0.15) is 12.4 Å². The van der Waals surface area contributed by atoms with Crippen LogP contribution in [0.4, 0.5) is 0 Å². The second-order valence-corrected chi connectivity index (χ2v) is 3.15. The normalized spacial score (nSPS) is 10.4. The van der Waals surface area contributed by atoms with E-state index in [0.717, 1.165) is 0 Å². The largest absolute Gasteiger partial charge is 0.461 e. The Morgan fingerprint density at radius 2 is 2.50 bits per heavy atom. The van der Waals surface area contributed by atoms with Gasteiger partial charge in [0.2, 0.25) is 12.1 Å². The van der Waals surface area contributed by atoms with Crippen molar-refractivity contribution in [3.05, 3.63) is 42.9 Å². The van der Waals surface area contributed by atoms with Crippen LogP contribution in [0.5, 0.6) is 0 Å². The average molecular weight is 191 g/mol. The third-order valence-corrected chi connectivity index (χ3v) is 1.95. The highest BCUT2D eigenvalue weighted by atomic mass is 16.3. The zero-order valence-corrected chi connectivity index (χ0v) is 7.88. The Hall–Kier alpha value is -1.84. The maximum absolute atomic E-state index is 11.6. The Bertz CT molecular complexity index is 429. The summed E-state index contributed by atoms with van der Waals surface area (Å²) in [5, 5.41) is 0. The molecule has 4 nitrogen and oxygen atoms in total. The molecular formula is C10H11N2O2+. The summed E-state index contributed by atoms with van der Waals surface area (Å²) in [5.41, 5.74) is 0. The highest BCUT2D eigenvalue weighted by Crippen LogP contribution is 2.00. The van der Waals surface area contributed by atoms with Crippen molar-refractivity contribution < 1.29 is 13.8 Å². The summed E-state index contributed by atoms with van der Waals surface area (Å²) >= 11 is 0. The van der Waals surface area contributed by atoms with Crippen molar-refractivity contribution in [1.82, 2.24) is 4.57 Å². The molecule has 0 unspecified atom stereocenters. The number of nitrogens with zero attached hydrogens (tertiary/aromatic N) is 2. The molecule has 0 spiro atoms. The monoisotopic (exact) mass is 191 g/mol. The van der Waals surface area contributed by atoms with E-state index in [2.05, 4.69) is 0 Å². The standard InChI is InChI=1S/C10H11N2O2/c1-11-4-5-12(8-11)7-9(13)10-3-2-6-14-10/h2-6,8H,7H2,1H3/q+1. The lowest BCUT2D eigenvalue weighted by molar-refractivity contribution is -0.682. The first-order valence-electron chi connectivity index (χ1n) is 4.33. The van der Waals surface area contributed by atoms with Gasteiger partial charge in [-0.1, -0.05) is 0 Å². The van der Waals surface area contributed by atoms with E-state index >= 15 is 0 Å². The summed E-state index contributed by atoms with van der Waals surface area (Å²) in [4.78, 5) is 11.6. The number of rotatable bonds is 3. The van der Waals surface area contributed by atoms with E-state index in [-0.39, 0.29) is 5.78 Å². The number of hydrogen-bond acceptors (Lipinski definition) is 2. The molecule has 0 aliphatic rings. The van der Waals surface area contributed by atoms with Gasteiger partial charge in [-0.05, 0) is 12.1 Å². The van der Waals surface area contributed by atoms with E-state index in [1.54, 1.807) is 12.1 Å². The topological polar surface area (TPSA) is 39.0 Å². The molecule has 2 aromatic rings. The van der Waals surface area contributed by atoms with Gasteiger partial charge in [-0.3, -0.25) is 4.79 Å². The molecule has 0 aliphatic carbocycles. The Morgan fingerprint density at radius 3 is 3.07 bits per heavy atom. The van der Waals surface area contributed by atoms with Gasteiger partial charge in [-0.2, -0.15) is 0 Å². The third kappa shape index (κ3) is 1.74. The predicted octanol–water partition coefficient (Wildman–Crippen LogP) is 0.788. The van der Waals surface area contributed by atoms with Crippen molar-refractivity contribution in [2.24, 2.45) is 7.05 Å². The zero-order valence-electron chi connectivity index (χ0n) is 7.88. The molecule has 2 rings (SSSR count). The van der Waals surface area contributed by atoms with Crippen molar-refractivity contribution in [1.29, 1.82) is 0 Å². The van der Waals surface area contributed by atoms with Crippen LogP contribution in [0.1, 0.15) is 10.6 Å². The van der Waals surface area contributed by atoms with Gasteiger partial charge < -0.3 is 4.42 Å². The number of aromatic nitrogens is 2. The fourth-order valence-corrected chi connectivity index (χ4v) is 1.28. The van der Waals surface area contributed by atoms with Gasteiger partial charge in [0.15, 0.2) is 12.3 Å². The molecule has 0 atom stereocenters. The first kappa shape index (κ1) is 8.74. The molecule has 0 bridgehead atoms. The highest BCUT2D eigenvalue weighted by molar-refractivity contribution is 5.92. The molecule has 4 heteroatoms. The molecule has 72 valence electrons. The first-order chi connectivity index (χ1) is 6.75. The summed E-state index contributed by atoms with van der Waals surface area (Å²) in [5.74, 6) is 0.382. The van der Waals surface area contributed by atoms with Crippen LogP contribution >= 0.6 is 0 Å². The molecule has 14 heavy (non-hydrogen) atoms. The SMILES string of the molecule is Cn1cc[n+](CC(=O)c2ccco2)c1. The molecule has 0 fully saturated rings. The van der Waals surface area contributed by atoms with E-state index in [1.165, 1.54) is 6.26 Å². The predicted molar refractivity (Wildman–Crippen MR) is 48.6 cm³/mol. The van der Waals surface area contributed by atoms with Gasteiger partial charge in [-0.25, -0.2) is 9.13 Å². The van der Waals surface area contributed by atoms with Crippen molar-refractivity contribution in [3.63, 3.8) is 0 Å². The van der Waals surface area contributed by atoms with Crippen molar-refractivity contribution in [2.45, 2.75) is 6.54 Å². The van der Waals surface area contributed by atoms with Crippen LogP contribution in [0.3, 0.4) is 0 Å². The molecule has 0 radical (unpaired) electrons. The van der Waals surface area contributed by atoms with E-state index in [9.17, 15) is 4.79 Å². The van der Waals surface area contributed by atoms with Gasteiger partial charge in [0, 0.05) is 0 Å². The smallest absolute Gasteiger partial charge is 0.243 e. The second-order valence-electron chi connectivity index (χ2n) is 3.15. The minimum Gasteiger partial charge on any atom is -0.461 e. The fraction of sp³-hybridized carbons (Fsp3) is 0.200. The number of carbonyl (C=O) groups excluding carboxylic acids is 1. The van der Waals surface area contributed by atoms with Crippen LogP contribution in [-0.4, -0.2) is 10.4 Å². The zero-order chi connectivity index (χ0) is 9.97. The van der Waals surface area contributed by atoms with Crippen LogP contribution in [0.25, 0.3) is 0 Å². The Morgan fingerprint density at radius 1 is 1.64 bits per heavy atom. The number of hydrogen-bond donors (Lipinski definition) is 0. The Labute approximate surface area is 81.4 Å². The number of imidazole rings is 1. The molecule has 0 N–H and O–H groups in total. The number of Topliss-reactive ketones (excluding diaryl/α,β-unsaturated/α-hetero) is 1. The lowest BCUT2D eigenvalue weighted by Crippen LogP contribution is -2.35. The molecule has 2 heterocycles. The van der Waals surface area contributed by atoms with Gasteiger partial charge in [0.25, 0.3) is 0 Å². The van der Waals surface area contributed by atoms with Crippen LogP contribution in [0.15, 0.2) is 41.5 Å². The summed E-state index contributed by atoms with van der Waals surface area (Å²) in [6.07, 6.45) is 7.08. The number of ketones is 1. The van der Waals surface area contributed by atoms with Crippen molar-refractivity contribution in [3.8, 4) is 0 Å². The maximum atomic E-state index is 11.6.